The molecule has 0 fully saturated rings. The van der Waals surface area contributed by atoms with Crippen molar-refractivity contribution in [1.82, 2.24) is 4.57 Å². The van der Waals surface area contributed by atoms with Crippen molar-refractivity contribution >= 4 is 21.8 Å². The van der Waals surface area contributed by atoms with Gasteiger partial charge >= 0.3 is 0 Å². The number of rotatable bonds is 2. The van der Waals surface area contributed by atoms with E-state index in [-0.39, 0.29) is 10.8 Å². The lowest BCUT2D eigenvalue weighted by molar-refractivity contribution is 0.660. The molecule has 1 nitrogen and oxygen atoms in total. The van der Waals surface area contributed by atoms with Gasteiger partial charge in [0, 0.05) is 39.7 Å². The van der Waals surface area contributed by atoms with Crippen molar-refractivity contribution in [3.05, 3.63) is 144 Å². The summed E-state index contributed by atoms with van der Waals surface area (Å²) in [6, 6.07) is 45.8. The van der Waals surface area contributed by atoms with Gasteiger partial charge in [-0.15, -0.1) is 0 Å². The molecule has 44 heavy (non-hydrogen) atoms. The fourth-order valence-corrected chi connectivity index (χ4v) is 8.33. The molecule has 0 unspecified atom stereocenters. The van der Waals surface area contributed by atoms with Gasteiger partial charge in [0.15, 0.2) is 0 Å². The number of benzene rings is 6. The number of aryl methyl sites for hydroxylation is 1. The molecule has 0 bridgehead atoms. The highest BCUT2D eigenvalue weighted by atomic mass is 14.9. The molecule has 0 atom stereocenters. The third-order valence-electron chi connectivity index (χ3n) is 10.8. The van der Waals surface area contributed by atoms with Crippen molar-refractivity contribution in [1.29, 1.82) is 0 Å². The average molecular weight is 566 g/mol. The van der Waals surface area contributed by atoms with Crippen LogP contribution in [0.25, 0.3) is 66.3 Å². The molecule has 212 valence electrons. The third-order valence-corrected chi connectivity index (χ3v) is 10.8. The van der Waals surface area contributed by atoms with Crippen LogP contribution in [0.5, 0.6) is 0 Å². The van der Waals surface area contributed by atoms with Gasteiger partial charge in [-0.25, -0.2) is 0 Å². The van der Waals surface area contributed by atoms with Crippen LogP contribution in [0.1, 0.15) is 49.9 Å². The Morgan fingerprint density at radius 1 is 0.386 bits per heavy atom. The minimum atomic E-state index is -0.00233. The lowest BCUT2D eigenvalue weighted by atomic mass is 9.81. The second-order valence-corrected chi connectivity index (χ2v) is 13.9. The molecular formula is C43H35N. The molecule has 9 rings (SSSR count). The summed E-state index contributed by atoms with van der Waals surface area (Å²) in [5.41, 5.74) is 18.8. The van der Waals surface area contributed by atoms with Crippen LogP contribution in [-0.4, -0.2) is 4.57 Å². The first kappa shape index (κ1) is 25.6. The molecule has 0 saturated heterocycles. The predicted molar refractivity (Wildman–Crippen MR) is 186 cm³/mol. The van der Waals surface area contributed by atoms with E-state index in [1.165, 1.54) is 88.6 Å². The summed E-state index contributed by atoms with van der Waals surface area (Å²) in [7, 11) is 2.21. The van der Waals surface area contributed by atoms with Gasteiger partial charge in [0.1, 0.15) is 0 Å². The molecular weight excluding hydrogens is 530 g/mol. The molecule has 1 aromatic heterocycles. The molecule has 0 saturated carbocycles. The smallest absolute Gasteiger partial charge is 0.0494 e. The minimum Gasteiger partial charge on any atom is -0.344 e. The zero-order valence-electron chi connectivity index (χ0n) is 26.0. The van der Waals surface area contributed by atoms with Crippen LogP contribution < -0.4 is 0 Å². The Bertz CT molecular complexity index is 2180. The fraction of sp³-hybridized carbons (Fsp3) is 0.163. The summed E-state index contributed by atoms with van der Waals surface area (Å²) in [6.07, 6.45) is 0. The molecule has 0 radical (unpaired) electrons. The van der Waals surface area contributed by atoms with Crippen LogP contribution in [0.2, 0.25) is 0 Å². The summed E-state index contributed by atoms with van der Waals surface area (Å²) in [5.74, 6) is 0. The van der Waals surface area contributed by atoms with Crippen LogP contribution in [0, 0.1) is 0 Å². The molecule has 6 aromatic carbocycles. The van der Waals surface area contributed by atoms with Crippen molar-refractivity contribution in [2.24, 2.45) is 7.05 Å². The Balaban J connectivity index is 1.13. The standard InChI is InChI=1S/C43H35N/c1-42(2)36-12-8-6-10-30(36)32-18-14-26(22-38(32)42)28-16-20-34-35-21-17-29(25-41(35)44(5)40(34)24-28)27-15-19-33-31-11-7-9-13-37(31)43(3,4)39(33)23-27/h6-25H,1-5H3. The largest absolute Gasteiger partial charge is 0.344 e. The highest BCUT2D eigenvalue weighted by Crippen LogP contribution is 2.51. The zero-order valence-corrected chi connectivity index (χ0v) is 26.0. The summed E-state index contributed by atoms with van der Waals surface area (Å²) in [5, 5.41) is 2.61. The van der Waals surface area contributed by atoms with Gasteiger partial charge in [-0.3, -0.25) is 0 Å². The van der Waals surface area contributed by atoms with Crippen LogP contribution in [0.4, 0.5) is 0 Å². The molecule has 0 spiro atoms. The maximum atomic E-state index is 2.42. The second kappa shape index (κ2) is 8.61. The molecule has 2 aliphatic rings. The first-order valence-electron chi connectivity index (χ1n) is 15.8. The van der Waals surface area contributed by atoms with E-state index in [1.807, 2.05) is 0 Å². The van der Waals surface area contributed by atoms with E-state index in [1.54, 1.807) is 0 Å². The van der Waals surface area contributed by atoms with Crippen LogP contribution in [0.15, 0.2) is 121 Å². The number of hydrogen-bond acceptors (Lipinski definition) is 0. The molecule has 1 heteroatoms. The topological polar surface area (TPSA) is 4.93 Å². The Kier molecular flexibility index (Phi) is 5.01. The first-order valence-corrected chi connectivity index (χ1v) is 15.8. The van der Waals surface area contributed by atoms with E-state index in [0.717, 1.165) is 0 Å². The van der Waals surface area contributed by atoms with Crippen molar-refractivity contribution in [3.8, 4) is 44.5 Å². The van der Waals surface area contributed by atoms with E-state index in [0.29, 0.717) is 0 Å². The zero-order chi connectivity index (χ0) is 30.0. The summed E-state index contributed by atoms with van der Waals surface area (Å²) in [4.78, 5) is 0. The third kappa shape index (κ3) is 3.30. The Morgan fingerprint density at radius 2 is 0.750 bits per heavy atom. The highest BCUT2D eigenvalue weighted by molar-refractivity contribution is 6.10. The van der Waals surface area contributed by atoms with Crippen molar-refractivity contribution in [3.63, 3.8) is 0 Å². The quantitative estimate of drug-likeness (QED) is 0.196. The summed E-state index contributed by atoms with van der Waals surface area (Å²) in [6.45, 7) is 9.42. The fourth-order valence-electron chi connectivity index (χ4n) is 8.33. The molecule has 0 aliphatic heterocycles. The van der Waals surface area contributed by atoms with Crippen LogP contribution in [-0.2, 0) is 17.9 Å². The molecule has 2 aliphatic carbocycles. The van der Waals surface area contributed by atoms with E-state index >= 15 is 0 Å². The highest BCUT2D eigenvalue weighted by Gasteiger charge is 2.36. The lowest BCUT2D eigenvalue weighted by Crippen LogP contribution is -2.14. The van der Waals surface area contributed by atoms with E-state index < -0.39 is 0 Å². The van der Waals surface area contributed by atoms with Crippen molar-refractivity contribution in [2.45, 2.75) is 38.5 Å². The van der Waals surface area contributed by atoms with E-state index in [9.17, 15) is 0 Å². The van der Waals surface area contributed by atoms with Crippen molar-refractivity contribution in [2.75, 3.05) is 0 Å². The first-order chi connectivity index (χ1) is 21.2. The normalized spacial score (nSPS) is 15.3. The average Bonchev–Trinajstić information content (AvgIpc) is 3.56. The Labute approximate surface area is 259 Å². The number of hydrogen-bond donors (Lipinski definition) is 0. The molecule has 7 aromatic rings. The van der Waals surface area contributed by atoms with Gasteiger partial charge < -0.3 is 4.57 Å². The predicted octanol–water partition coefficient (Wildman–Crippen LogP) is 11.3. The van der Waals surface area contributed by atoms with Gasteiger partial charge in [-0.05, 0) is 91.0 Å². The maximum Gasteiger partial charge on any atom is 0.0494 e. The Morgan fingerprint density at radius 3 is 1.20 bits per heavy atom. The Hall–Kier alpha value is -4.88. The van der Waals surface area contributed by atoms with E-state index in [4.69, 9.17) is 0 Å². The summed E-state index contributed by atoms with van der Waals surface area (Å²) >= 11 is 0. The van der Waals surface area contributed by atoms with Gasteiger partial charge in [0.2, 0.25) is 0 Å². The van der Waals surface area contributed by atoms with E-state index in [2.05, 4.69) is 161 Å². The van der Waals surface area contributed by atoms with Crippen LogP contribution >= 0.6 is 0 Å². The van der Waals surface area contributed by atoms with Crippen LogP contribution in [0.3, 0.4) is 0 Å². The molecule has 1 heterocycles. The van der Waals surface area contributed by atoms with Gasteiger partial charge in [0.25, 0.3) is 0 Å². The van der Waals surface area contributed by atoms with Gasteiger partial charge in [-0.1, -0.05) is 125 Å². The molecule has 0 N–H and O–H groups in total. The van der Waals surface area contributed by atoms with Gasteiger partial charge in [0.05, 0.1) is 0 Å². The monoisotopic (exact) mass is 565 g/mol. The maximum absolute atomic E-state index is 2.42. The SMILES string of the molecule is Cn1c2cc(-c3ccc4c(c3)C(C)(C)c3ccccc3-4)ccc2c2ccc(-c3ccc4c(c3)C(C)(C)c3ccccc3-4)cc21. The summed E-state index contributed by atoms with van der Waals surface area (Å²) < 4.78 is 2.37. The lowest BCUT2D eigenvalue weighted by Gasteiger charge is -2.22. The number of aromatic nitrogens is 1. The van der Waals surface area contributed by atoms with Crippen molar-refractivity contribution < 1.29 is 0 Å². The number of nitrogens with zero attached hydrogens (tertiary/aromatic N) is 1. The second-order valence-electron chi connectivity index (χ2n) is 13.9. The number of fused-ring (bicyclic) bond motifs is 9. The van der Waals surface area contributed by atoms with Gasteiger partial charge in [-0.2, -0.15) is 0 Å². The molecule has 0 amide bonds. The minimum absolute atomic E-state index is 0.00233.